The number of aromatic amines is 1. The summed E-state index contributed by atoms with van der Waals surface area (Å²) < 4.78 is 4.55. The first kappa shape index (κ1) is 12.9. The van der Waals surface area contributed by atoms with Crippen molar-refractivity contribution in [3.8, 4) is 0 Å². The number of para-hydroxylation sites is 1. The van der Waals surface area contributed by atoms with Crippen LogP contribution in [0.15, 0.2) is 35.5 Å². The van der Waals surface area contributed by atoms with E-state index >= 15 is 0 Å². The molecule has 0 spiro atoms. The summed E-state index contributed by atoms with van der Waals surface area (Å²) in [7, 11) is 1.32. The molecule has 2 rings (SSSR count). The highest BCUT2D eigenvalue weighted by Gasteiger charge is 2.12. The standard InChI is InChI=1S/C14H14N2O3/c1-9(16-18)14-10-5-3-4-6-11(10)15-12(14)7-8-13(17)19-2/h3-8,15,18H,1-2H3/b8-7+,16-9+. The summed E-state index contributed by atoms with van der Waals surface area (Å²) in [6.45, 7) is 1.70. The lowest BCUT2D eigenvalue weighted by molar-refractivity contribution is -0.134. The van der Waals surface area contributed by atoms with Gasteiger partial charge in [-0.15, -0.1) is 0 Å². The second-order valence-electron chi connectivity index (χ2n) is 4.00. The quantitative estimate of drug-likeness (QED) is 0.292. The van der Waals surface area contributed by atoms with Crippen LogP contribution in [0.25, 0.3) is 17.0 Å². The average molecular weight is 258 g/mol. The zero-order valence-electron chi connectivity index (χ0n) is 10.7. The largest absolute Gasteiger partial charge is 0.466 e. The SMILES string of the molecule is COC(=O)/C=C/c1[nH]c2ccccc2c1/C(C)=N/O. The zero-order chi connectivity index (χ0) is 13.8. The Hall–Kier alpha value is -2.56. The number of oxime groups is 1. The van der Waals surface area contributed by atoms with Gasteiger partial charge < -0.3 is 14.9 Å². The molecule has 0 radical (unpaired) electrons. The minimum absolute atomic E-state index is 0.441. The number of hydrogen-bond acceptors (Lipinski definition) is 4. The van der Waals surface area contributed by atoms with Gasteiger partial charge in [0, 0.05) is 28.2 Å². The molecule has 1 aromatic carbocycles. The molecule has 19 heavy (non-hydrogen) atoms. The first-order valence-corrected chi connectivity index (χ1v) is 5.73. The Balaban J connectivity index is 2.59. The van der Waals surface area contributed by atoms with Crippen LogP contribution in [-0.4, -0.2) is 29.0 Å². The second kappa shape index (κ2) is 5.39. The molecule has 2 aromatic rings. The van der Waals surface area contributed by atoms with Crippen molar-refractivity contribution in [3.05, 3.63) is 41.6 Å². The number of benzene rings is 1. The highest BCUT2D eigenvalue weighted by Crippen LogP contribution is 2.24. The molecule has 1 heterocycles. The van der Waals surface area contributed by atoms with E-state index < -0.39 is 5.97 Å². The van der Waals surface area contributed by atoms with Crippen LogP contribution in [0.3, 0.4) is 0 Å². The van der Waals surface area contributed by atoms with Gasteiger partial charge in [-0.25, -0.2) is 4.79 Å². The molecule has 0 saturated carbocycles. The molecular weight excluding hydrogens is 244 g/mol. The molecule has 5 heteroatoms. The van der Waals surface area contributed by atoms with Crippen molar-refractivity contribution in [2.45, 2.75) is 6.92 Å². The molecule has 0 aliphatic heterocycles. The fraction of sp³-hybridized carbons (Fsp3) is 0.143. The number of carbonyl (C=O) groups is 1. The van der Waals surface area contributed by atoms with E-state index in [1.165, 1.54) is 13.2 Å². The smallest absolute Gasteiger partial charge is 0.330 e. The van der Waals surface area contributed by atoms with Crippen LogP contribution < -0.4 is 0 Å². The number of fused-ring (bicyclic) bond motifs is 1. The summed E-state index contributed by atoms with van der Waals surface area (Å²) in [6, 6.07) is 7.64. The molecule has 0 unspecified atom stereocenters. The van der Waals surface area contributed by atoms with Gasteiger partial charge in [-0.05, 0) is 19.1 Å². The molecule has 0 fully saturated rings. The number of hydrogen-bond donors (Lipinski definition) is 2. The molecule has 0 saturated heterocycles. The van der Waals surface area contributed by atoms with Crippen LogP contribution in [0.2, 0.25) is 0 Å². The molecule has 0 atom stereocenters. The number of nitrogens with one attached hydrogen (secondary N) is 1. The molecule has 1 aromatic heterocycles. The number of ether oxygens (including phenoxy) is 1. The van der Waals surface area contributed by atoms with E-state index in [2.05, 4.69) is 14.9 Å². The molecular formula is C14H14N2O3. The maximum Gasteiger partial charge on any atom is 0.330 e. The number of esters is 1. The van der Waals surface area contributed by atoms with Crippen molar-refractivity contribution >= 4 is 28.7 Å². The lowest BCUT2D eigenvalue weighted by atomic mass is 10.1. The minimum Gasteiger partial charge on any atom is -0.466 e. The number of nitrogens with zero attached hydrogens (tertiary/aromatic N) is 1. The van der Waals surface area contributed by atoms with Gasteiger partial charge in [-0.2, -0.15) is 0 Å². The van der Waals surface area contributed by atoms with E-state index in [9.17, 15) is 4.79 Å². The Kier molecular flexibility index (Phi) is 3.66. The van der Waals surface area contributed by atoms with E-state index in [4.69, 9.17) is 5.21 Å². The van der Waals surface area contributed by atoms with Gasteiger partial charge in [0.05, 0.1) is 12.8 Å². The molecule has 0 aliphatic carbocycles. The first-order chi connectivity index (χ1) is 9.17. The fourth-order valence-corrected chi connectivity index (χ4v) is 1.95. The lowest BCUT2D eigenvalue weighted by Gasteiger charge is -1.98. The van der Waals surface area contributed by atoms with Crippen LogP contribution in [-0.2, 0) is 9.53 Å². The Morgan fingerprint density at radius 1 is 1.42 bits per heavy atom. The number of methoxy groups -OCH3 is 1. The van der Waals surface area contributed by atoms with Crippen molar-refractivity contribution in [2.75, 3.05) is 7.11 Å². The maximum atomic E-state index is 11.1. The van der Waals surface area contributed by atoms with Crippen LogP contribution in [0.5, 0.6) is 0 Å². The summed E-state index contributed by atoms with van der Waals surface area (Å²) in [5.41, 5.74) is 2.84. The molecule has 5 nitrogen and oxygen atoms in total. The van der Waals surface area contributed by atoms with Crippen molar-refractivity contribution in [1.82, 2.24) is 4.98 Å². The number of aromatic nitrogens is 1. The van der Waals surface area contributed by atoms with Crippen LogP contribution in [0.1, 0.15) is 18.2 Å². The summed E-state index contributed by atoms with van der Waals surface area (Å²) in [5.74, 6) is -0.441. The van der Waals surface area contributed by atoms with Crippen molar-refractivity contribution in [2.24, 2.45) is 5.16 Å². The van der Waals surface area contributed by atoms with E-state index in [-0.39, 0.29) is 0 Å². The topological polar surface area (TPSA) is 74.7 Å². The highest BCUT2D eigenvalue weighted by molar-refractivity contribution is 6.12. The van der Waals surface area contributed by atoms with Crippen molar-refractivity contribution < 1.29 is 14.7 Å². The van der Waals surface area contributed by atoms with E-state index in [0.717, 1.165) is 16.5 Å². The third-order valence-electron chi connectivity index (χ3n) is 2.83. The Morgan fingerprint density at radius 3 is 2.84 bits per heavy atom. The third-order valence-corrected chi connectivity index (χ3v) is 2.83. The van der Waals surface area contributed by atoms with Gasteiger partial charge in [0.25, 0.3) is 0 Å². The molecule has 2 N–H and O–H groups in total. The van der Waals surface area contributed by atoms with Gasteiger partial charge >= 0.3 is 5.97 Å². The van der Waals surface area contributed by atoms with Gasteiger partial charge in [0.2, 0.25) is 0 Å². The monoisotopic (exact) mass is 258 g/mol. The van der Waals surface area contributed by atoms with Crippen molar-refractivity contribution in [1.29, 1.82) is 0 Å². The van der Waals surface area contributed by atoms with Gasteiger partial charge in [-0.1, -0.05) is 23.4 Å². The Morgan fingerprint density at radius 2 is 2.16 bits per heavy atom. The number of H-pyrrole nitrogens is 1. The number of rotatable bonds is 3. The lowest BCUT2D eigenvalue weighted by Crippen LogP contribution is -1.97. The Labute approximate surface area is 110 Å². The third kappa shape index (κ3) is 2.49. The predicted octanol–water partition coefficient (Wildman–Crippen LogP) is 2.55. The molecule has 0 bridgehead atoms. The first-order valence-electron chi connectivity index (χ1n) is 5.73. The predicted molar refractivity (Wildman–Crippen MR) is 73.3 cm³/mol. The molecule has 0 aliphatic rings. The summed E-state index contributed by atoms with van der Waals surface area (Å²) >= 11 is 0. The molecule has 0 amide bonds. The van der Waals surface area contributed by atoms with Gasteiger partial charge in [0.1, 0.15) is 0 Å². The minimum atomic E-state index is -0.441. The number of carbonyl (C=O) groups excluding carboxylic acids is 1. The normalized spacial score (nSPS) is 12.2. The van der Waals surface area contributed by atoms with E-state index in [0.29, 0.717) is 11.4 Å². The highest BCUT2D eigenvalue weighted by atomic mass is 16.5. The fourth-order valence-electron chi connectivity index (χ4n) is 1.95. The van der Waals surface area contributed by atoms with Crippen LogP contribution in [0.4, 0.5) is 0 Å². The summed E-state index contributed by atoms with van der Waals surface area (Å²) in [6.07, 6.45) is 2.93. The van der Waals surface area contributed by atoms with E-state index in [1.807, 2.05) is 24.3 Å². The maximum absolute atomic E-state index is 11.1. The molecule has 98 valence electrons. The second-order valence-corrected chi connectivity index (χ2v) is 4.00. The summed E-state index contributed by atoms with van der Waals surface area (Å²) in [4.78, 5) is 14.3. The van der Waals surface area contributed by atoms with Crippen LogP contribution in [0, 0.1) is 0 Å². The van der Waals surface area contributed by atoms with E-state index in [1.54, 1.807) is 13.0 Å². The zero-order valence-corrected chi connectivity index (χ0v) is 10.7. The van der Waals surface area contributed by atoms with Crippen LogP contribution >= 0.6 is 0 Å². The Bertz CT molecular complexity index is 668. The van der Waals surface area contributed by atoms with Gasteiger partial charge in [-0.3, -0.25) is 0 Å². The average Bonchev–Trinajstić information content (AvgIpc) is 2.82. The van der Waals surface area contributed by atoms with Crippen molar-refractivity contribution in [3.63, 3.8) is 0 Å². The van der Waals surface area contributed by atoms with Gasteiger partial charge in [0.15, 0.2) is 0 Å². The summed E-state index contributed by atoms with van der Waals surface area (Å²) in [5, 5.41) is 13.1.